The highest BCUT2D eigenvalue weighted by Gasteiger charge is 2.26. The van der Waals surface area contributed by atoms with Crippen molar-refractivity contribution in [2.45, 2.75) is 32.0 Å². The van der Waals surface area contributed by atoms with Crippen molar-refractivity contribution in [2.75, 3.05) is 52.9 Å². The molecule has 100 valence electrons. The van der Waals surface area contributed by atoms with Crippen LogP contribution in [0.4, 0.5) is 4.39 Å². The zero-order chi connectivity index (χ0) is 12.3. The molecule has 0 aromatic rings. The lowest BCUT2D eigenvalue weighted by atomic mass is 10.0. The number of halogens is 1. The van der Waals surface area contributed by atoms with Gasteiger partial charge in [0.2, 0.25) is 0 Å². The number of hydrogen-bond donors (Lipinski definition) is 0. The highest BCUT2D eigenvalue weighted by atomic mass is 19.1. The van der Waals surface area contributed by atoms with Crippen LogP contribution in [0.5, 0.6) is 0 Å². The molecule has 0 aromatic carbocycles. The monoisotopic (exact) mass is 243 g/mol. The summed E-state index contributed by atoms with van der Waals surface area (Å²) in [5, 5.41) is 0. The van der Waals surface area contributed by atoms with E-state index in [2.05, 4.69) is 21.7 Å². The maximum absolute atomic E-state index is 12.9. The summed E-state index contributed by atoms with van der Waals surface area (Å²) in [6.07, 6.45) is 1.91. The predicted octanol–water partition coefficient (Wildman–Crippen LogP) is 1.06. The van der Waals surface area contributed by atoms with Crippen LogP contribution in [-0.4, -0.2) is 79.8 Å². The quantitative estimate of drug-likeness (QED) is 0.734. The van der Waals surface area contributed by atoms with Gasteiger partial charge in [0.25, 0.3) is 0 Å². The predicted molar refractivity (Wildman–Crippen MR) is 69.1 cm³/mol. The molecule has 2 saturated heterocycles. The first-order valence-electron chi connectivity index (χ1n) is 6.94. The molecule has 0 radical (unpaired) electrons. The average molecular weight is 243 g/mol. The minimum Gasteiger partial charge on any atom is -0.306 e. The van der Waals surface area contributed by atoms with Gasteiger partial charge in [0, 0.05) is 38.8 Å². The molecule has 2 fully saturated rings. The molecule has 17 heavy (non-hydrogen) atoms. The molecule has 2 heterocycles. The van der Waals surface area contributed by atoms with E-state index in [-0.39, 0.29) is 0 Å². The molecule has 0 bridgehead atoms. The molecule has 3 nitrogen and oxygen atoms in total. The molecule has 2 rings (SSSR count). The van der Waals surface area contributed by atoms with Crippen LogP contribution in [0, 0.1) is 0 Å². The van der Waals surface area contributed by atoms with Gasteiger partial charge in [-0.25, -0.2) is 4.39 Å². The van der Waals surface area contributed by atoms with Gasteiger partial charge in [-0.3, -0.25) is 9.80 Å². The molecular weight excluding hydrogens is 217 g/mol. The van der Waals surface area contributed by atoms with Crippen molar-refractivity contribution in [3.8, 4) is 0 Å². The summed E-state index contributed by atoms with van der Waals surface area (Å²) in [4.78, 5) is 7.29. The van der Waals surface area contributed by atoms with Crippen LogP contribution >= 0.6 is 0 Å². The van der Waals surface area contributed by atoms with Crippen LogP contribution < -0.4 is 0 Å². The summed E-state index contributed by atoms with van der Waals surface area (Å²) in [7, 11) is 2.21. The van der Waals surface area contributed by atoms with E-state index in [1.165, 1.54) is 25.9 Å². The van der Waals surface area contributed by atoms with Crippen LogP contribution in [0.3, 0.4) is 0 Å². The molecule has 1 atom stereocenters. The molecule has 4 heteroatoms. The van der Waals surface area contributed by atoms with Gasteiger partial charge < -0.3 is 4.90 Å². The molecule has 2 aliphatic heterocycles. The molecular formula is C13H26FN3. The summed E-state index contributed by atoms with van der Waals surface area (Å²) in [5.74, 6) is 0. The normalized spacial score (nSPS) is 28.4. The fourth-order valence-electron chi connectivity index (χ4n) is 3.03. The maximum atomic E-state index is 12.9. The lowest BCUT2D eigenvalue weighted by Gasteiger charge is -2.42. The largest absolute Gasteiger partial charge is 0.306 e. The maximum Gasteiger partial charge on any atom is 0.110 e. The Morgan fingerprint density at radius 1 is 1.06 bits per heavy atom. The molecule has 1 unspecified atom stereocenters. The third-order valence-electron chi connectivity index (χ3n) is 4.12. The Morgan fingerprint density at radius 3 is 2.18 bits per heavy atom. The lowest BCUT2D eigenvalue weighted by Crippen LogP contribution is -2.53. The molecule has 0 N–H and O–H groups in total. The zero-order valence-electron chi connectivity index (χ0n) is 11.2. The van der Waals surface area contributed by atoms with Crippen molar-refractivity contribution in [1.29, 1.82) is 0 Å². The third kappa shape index (κ3) is 3.90. The van der Waals surface area contributed by atoms with E-state index >= 15 is 0 Å². The Balaban J connectivity index is 1.71. The Kier molecular flexibility index (Phi) is 4.77. The Hall–Kier alpha value is -0.190. The van der Waals surface area contributed by atoms with E-state index in [1.54, 1.807) is 6.92 Å². The van der Waals surface area contributed by atoms with Gasteiger partial charge in [-0.15, -0.1) is 0 Å². The van der Waals surface area contributed by atoms with Crippen LogP contribution in [0.2, 0.25) is 0 Å². The van der Waals surface area contributed by atoms with Crippen molar-refractivity contribution < 1.29 is 4.39 Å². The van der Waals surface area contributed by atoms with Gasteiger partial charge in [0.15, 0.2) is 0 Å². The minimum absolute atomic E-state index is 0.612. The second-order valence-corrected chi connectivity index (χ2v) is 5.65. The molecule has 0 aromatic heterocycles. The second kappa shape index (κ2) is 6.12. The van der Waals surface area contributed by atoms with E-state index in [9.17, 15) is 4.39 Å². The number of likely N-dealkylation sites (tertiary alicyclic amines) is 1. The van der Waals surface area contributed by atoms with Crippen LogP contribution in [0.15, 0.2) is 0 Å². The van der Waals surface area contributed by atoms with E-state index in [0.717, 1.165) is 32.2 Å². The number of hydrogen-bond acceptors (Lipinski definition) is 3. The fourth-order valence-corrected chi connectivity index (χ4v) is 3.03. The summed E-state index contributed by atoms with van der Waals surface area (Å²) in [5.41, 5.74) is 0. The van der Waals surface area contributed by atoms with Crippen molar-refractivity contribution in [2.24, 2.45) is 0 Å². The van der Waals surface area contributed by atoms with Gasteiger partial charge in [0.05, 0.1) is 0 Å². The van der Waals surface area contributed by atoms with Crippen molar-refractivity contribution in [3.63, 3.8) is 0 Å². The number of nitrogens with zero attached hydrogens (tertiary/aromatic N) is 3. The van der Waals surface area contributed by atoms with E-state index in [0.29, 0.717) is 6.54 Å². The topological polar surface area (TPSA) is 9.72 Å². The number of rotatable bonds is 3. The number of alkyl halides is 1. The lowest BCUT2D eigenvalue weighted by molar-refractivity contribution is 0.0562. The summed E-state index contributed by atoms with van der Waals surface area (Å²) in [6.45, 7) is 9.06. The summed E-state index contributed by atoms with van der Waals surface area (Å²) < 4.78 is 12.9. The SMILES string of the molecule is CC(F)CN1CCN(C2CCN(C)CC2)CC1. The van der Waals surface area contributed by atoms with Gasteiger partial charge in [-0.2, -0.15) is 0 Å². The fraction of sp³-hybridized carbons (Fsp3) is 1.00. The highest BCUT2D eigenvalue weighted by molar-refractivity contribution is 4.82. The molecule has 0 spiro atoms. The first-order valence-corrected chi connectivity index (χ1v) is 6.94. The first-order chi connectivity index (χ1) is 8.15. The van der Waals surface area contributed by atoms with Crippen LogP contribution in [0.1, 0.15) is 19.8 Å². The summed E-state index contributed by atoms with van der Waals surface area (Å²) in [6, 6.07) is 0.774. The third-order valence-corrected chi connectivity index (χ3v) is 4.12. The van der Waals surface area contributed by atoms with Gasteiger partial charge >= 0.3 is 0 Å². The van der Waals surface area contributed by atoms with Gasteiger partial charge in [-0.1, -0.05) is 0 Å². The first kappa shape index (κ1) is 13.2. The second-order valence-electron chi connectivity index (χ2n) is 5.65. The minimum atomic E-state index is -0.690. The van der Waals surface area contributed by atoms with Crippen LogP contribution in [-0.2, 0) is 0 Å². The van der Waals surface area contributed by atoms with Crippen LogP contribution in [0.25, 0.3) is 0 Å². The molecule has 2 aliphatic rings. The highest BCUT2D eigenvalue weighted by Crippen LogP contribution is 2.17. The molecule has 0 amide bonds. The Labute approximate surface area is 105 Å². The van der Waals surface area contributed by atoms with Crippen molar-refractivity contribution in [1.82, 2.24) is 14.7 Å². The molecule has 0 saturated carbocycles. The van der Waals surface area contributed by atoms with Crippen molar-refractivity contribution in [3.05, 3.63) is 0 Å². The average Bonchev–Trinajstić information content (AvgIpc) is 2.30. The smallest absolute Gasteiger partial charge is 0.110 e. The zero-order valence-corrected chi connectivity index (χ0v) is 11.2. The van der Waals surface area contributed by atoms with E-state index in [1.807, 2.05) is 0 Å². The molecule has 0 aliphatic carbocycles. The number of piperidine rings is 1. The van der Waals surface area contributed by atoms with E-state index < -0.39 is 6.17 Å². The number of piperazine rings is 1. The van der Waals surface area contributed by atoms with E-state index in [4.69, 9.17) is 0 Å². The summed E-state index contributed by atoms with van der Waals surface area (Å²) >= 11 is 0. The Bertz CT molecular complexity index is 219. The van der Waals surface area contributed by atoms with Gasteiger partial charge in [-0.05, 0) is 39.9 Å². The van der Waals surface area contributed by atoms with Gasteiger partial charge in [0.1, 0.15) is 6.17 Å². The van der Waals surface area contributed by atoms with Crippen molar-refractivity contribution >= 4 is 0 Å². The Morgan fingerprint density at radius 2 is 1.65 bits per heavy atom. The standard InChI is InChI=1S/C13H26FN3/c1-12(14)11-16-7-9-17(10-8-16)13-3-5-15(2)6-4-13/h12-13H,3-11H2,1-2H3.